The fourth-order valence-electron chi connectivity index (χ4n) is 2.64. The number of nitrogens with zero attached hydrogens (tertiary/aromatic N) is 1. The molecule has 0 saturated heterocycles. The molecule has 1 amide bonds. The van der Waals surface area contributed by atoms with Gasteiger partial charge in [0.1, 0.15) is 5.82 Å². The lowest BCUT2D eigenvalue weighted by Gasteiger charge is -2.02. The fourth-order valence-corrected chi connectivity index (χ4v) is 4.54. The number of benzene rings is 2. The van der Waals surface area contributed by atoms with Crippen LogP contribution in [0.3, 0.4) is 0 Å². The standard InChI is InChI=1S/C21H14ClFN2OS2/c22-15-5-1-13(2-6-15)11-20(26)25-21-24-17(12-27-21)19-10-9-18(28-19)14-3-7-16(23)8-4-14/h1-10,12H,11H2,(H,24,25,26). The van der Waals surface area contributed by atoms with E-state index in [0.717, 1.165) is 26.6 Å². The van der Waals surface area contributed by atoms with Crippen LogP contribution in [0.4, 0.5) is 9.52 Å². The van der Waals surface area contributed by atoms with E-state index in [1.165, 1.54) is 23.5 Å². The molecular formula is C21H14ClFN2OS2. The van der Waals surface area contributed by atoms with Crippen molar-refractivity contribution in [2.45, 2.75) is 6.42 Å². The summed E-state index contributed by atoms with van der Waals surface area (Å²) < 4.78 is 13.1. The first-order valence-corrected chi connectivity index (χ1v) is 10.5. The molecule has 0 aliphatic heterocycles. The predicted octanol–water partition coefficient (Wildman–Crippen LogP) is 6.51. The average Bonchev–Trinajstić information content (AvgIpc) is 3.34. The number of rotatable bonds is 5. The highest BCUT2D eigenvalue weighted by atomic mass is 35.5. The molecule has 0 aliphatic rings. The minimum absolute atomic E-state index is 0.124. The van der Waals surface area contributed by atoms with Gasteiger partial charge in [-0.3, -0.25) is 4.79 Å². The summed E-state index contributed by atoms with van der Waals surface area (Å²) in [5.41, 5.74) is 2.66. The lowest BCUT2D eigenvalue weighted by molar-refractivity contribution is -0.115. The van der Waals surface area contributed by atoms with Gasteiger partial charge in [-0.15, -0.1) is 22.7 Å². The summed E-state index contributed by atoms with van der Waals surface area (Å²) in [6, 6.07) is 17.6. The Balaban J connectivity index is 1.43. The van der Waals surface area contributed by atoms with Crippen molar-refractivity contribution in [3.05, 3.63) is 82.4 Å². The average molecular weight is 429 g/mol. The van der Waals surface area contributed by atoms with Crippen LogP contribution >= 0.6 is 34.3 Å². The number of aromatic nitrogens is 1. The van der Waals surface area contributed by atoms with Crippen molar-refractivity contribution < 1.29 is 9.18 Å². The van der Waals surface area contributed by atoms with Gasteiger partial charge in [0.2, 0.25) is 5.91 Å². The Morgan fingerprint density at radius 1 is 1.00 bits per heavy atom. The van der Waals surface area contributed by atoms with Crippen molar-refractivity contribution in [1.29, 1.82) is 0 Å². The molecule has 0 atom stereocenters. The molecule has 7 heteroatoms. The van der Waals surface area contributed by atoms with Gasteiger partial charge < -0.3 is 5.32 Å². The third-order valence-corrected chi connectivity index (χ3v) is 6.18. The molecule has 140 valence electrons. The number of thiophene rings is 1. The number of halogens is 2. The number of carbonyl (C=O) groups excluding carboxylic acids is 1. The van der Waals surface area contributed by atoms with Crippen LogP contribution in [0.25, 0.3) is 21.0 Å². The highest BCUT2D eigenvalue weighted by molar-refractivity contribution is 7.19. The number of anilines is 1. The highest BCUT2D eigenvalue weighted by Gasteiger charge is 2.11. The second kappa shape index (κ2) is 8.22. The van der Waals surface area contributed by atoms with Gasteiger partial charge in [0.05, 0.1) is 17.0 Å². The van der Waals surface area contributed by atoms with Crippen LogP contribution in [0, 0.1) is 5.82 Å². The summed E-state index contributed by atoms with van der Waals surface area (Å²) in [4.78, 5) is 18.8. The quantitative estimate of drug-likeness (QED) is 0.393. The van der Waals surface area contributed by atoms with Crippen molar-refractivity contribution in [1.82, 2.24) is 4.98 Å². The van der Waals surface area contributed by atoms with Gasteiger partial charge in [-0.2, -0.15) is 0 Å². The Hall–Kier alpha value is -2.54. The summed E-state index contributed by atoms with van der Waals surface area (Å²) in [7, 11) is 0. The van der Waals surface area contributed by atoms with Crippen LogP contribution < -0.4 is 5.32 Å². The van der Waals surface area contributed by atoms with Gasteiger partial charge >= 0.3 is 0 Å². The van der Waals surface area contributed by atoms with E-state index >= 15 is 0 Å². The first-order chi connectivity index (χ1) is 13.6. The molecule has 1 N–H and O–H groups in total. The van der Waals surface area contributed by atoms with E-state index < -0.39 is 0 Å². The third kappa shape index (κ3) is 4.47. The highest BCUT2D eigenvalue weighted by Crippen LogP contribution is 2.35. The minimum Gasteiger partial charge on any atom is -0.302 e. The third-order valence-electron chi connectivity index (χ3n) is 4.02. The van der Waals surface area contributed by atoms with Gasteiger partial charge in [0.25, 0.3) is 0 Å². The lowest BCUT2D eigenvalue weighted by atomic mass is 10.1. The molecule has 0 radical (unpaired) electrons. The summed E-state index contributed by atoms with van der Waals surface area (Å²) in [5.74, 6) is -0.375. The molecule has 28 heavy (non-hydrogen) atoms. The number of hydrogen-bond donors (Lipinski definition) is 1. The zero-order valence-corrected chi connectivity index (χ0v) is 16.9. The molecule has 4 aromatic rings. The van der Waals surface area contributed by atoms with Crippen molar-refractivity contribution in [2.75, 3.05) is 5.32 Å². The molecule has 3 nitrogen and oxygen atoms in total. The first kappa shape index (κ1) is 18.8. The predicted molar refractivity (Wildman–Crippen MR) is 115 cm³/mol. The molecule has 2 aromatic carbocycles. The normalized spacial score (nSPS) is 10.8. The van der Waals surface area contributed by atoms with E-state index in [4.69, 9.17) is 11.6 Å². The van der Waals surface area contributed by atoms with Crippen molar-refractivity contribution in [3.63, 3.8) is 0 Å². The Kier molecular flexibility index (Phi) is 5.52. The number of thiazole rings is 1. The second-order valence-electron chi connectivity index (χ2n) is 6.06. The van der Waals surface area contributed by atoms with Crippen LogP contribution in [0.1, 0.15) is 5.56 Å². The summed E-state index contributed by atoms with van der Waals surface area (Å²) in [6.07, 6.45) is 0.264. The van der Waals surface area contributed by atoms with E-state index in [-0.39, 0.29) is 18.1 Å². The Morgan fingerprint density at radius 3 is 2.46 bits per heavy atom. The maximum Gasteiger partial charge on any atom is 0.230 e. The van der Waals surface area contributed by atoms with Gasteiger partial charge in [0.15, 0.2) is 5.13 Å². The summed E-state index contributed by atoms with van der Waals surface area (Å²) in [5, 5.41) is 5.96. The molecule has 2 heterocycles. The maximum atomic E-state index is 13.1. The number of amides is 1. The minimum atomic E-state index is -0.251. The number of nitrogens with one attached hydrogen (secondary N) is 1. The maximum absolute atomic E-state index is 13.1. The largest absolute Gasteiger partial charge is 0.302 e. The molecule has 0 saturated carbocycles. The fraction of sp³-hybridized carbons (Fsp3) is 0.0476. The van der Waals surface area contributed by atoms with Crippen molar-refractivity contribution >= 4 is 45.3 Å². The van der Waals surface area contributed by atoms with Gasteiger partial charge in [-0.25, -0.2) is 9.37 Å². The molecule has 0 spiro atoms. The molecule has 0 fully saturated rings. The van der Waals surface area contributed by atoms with E-state index in [9.17, 15) is 9.18 Å². The molecule has 2 aromatic heterocycles. The Labute approximate surface area is 174 Å². The smallest absolute Gasteiger partial charge is 0.230 e. The Bertz CT molecular complexity index is 1100. The van der Waals surface area contributed by atoms with E-state index in [1.807, 2.05) is 29.6 Å². The van der Waals surface area contributed by atoms with Crippen molar-refractivity contribution in [2.24, 2.45) is 0 Å². The lowest BCUT2D eigenvalue weighted by Crippen LogP contribution is -2.14. The van der Waals surface area contributed by atoms with Crippen LogP contribution in [0.5, 0.6) is 0 Å². The monoisotopic (exact) mass is 428 g/mol. The first-order valence-electron chi connectivity index (χ1n) is 8.43. The summed E-state index contributed by atoms with van der Waals surface area (Å²) >= 11 is 8.83. The van der Waals surface area contributed by atoms with E-state index in [2.05, 4.69) is 10.3 Å². The molecule has 4 rings (SSSR count). The van der Waals surface area contributed by atoms with Crippen molar-refractivity contribution in [3.8, 4) is 21.0 Å². The van der Waals surface area contributed by atoms with Crippen LogP contribution in [-0.4, -0.2) is 10.9 Å². The van der Waals surface area contributed by atoms with E-state index in [0.29, 0.717) is 10.2 Å². The van der Waals surface area contributed by atoms with Crippen LogP contribution in [0.2, 0.25) is 5.02 Å². The molecule has 0 unspecified atom stereocenters. The summed E-state index contributed by atoms with van der Waals surface area (Å²) in [6.45, 7) is 0. The molecular weight excluding hydrogens is 415 g/mol. The van der Waals surface area contributed by atoms with Gasteiger partial charge in [-0.1, -0.05) is 35.9 Å². The van der Waals surface area contributed by atoms with Gasteiger partial charge in [0, 0.05) is 15.3 Å². The number of hydrogen-bond acceptors (Lipinski definition) is 4. The topological polar surface area (TPSA) is 42.0 Å². The molecule has 0 aliphatic carbocycles. The van der Waals surface area contributed by atoms with Gasteiger partial charge in [-0.05, 0) is 47.5 Å². The SMILES string of the molecule is O=C(Cc1ccc(Cl)cc1)Nc1nc(-c2ccc(-c3ccc(F)cc3)s2)cs1. The van der Waals surface area contributed by atoms with E-state index in [1.54, 1.807) is 35.6 Å². The Morgan fingerprint density at radius 2 is 1.71 bits per heavy atom. The second-order valence-corrected chi connectivity index (χ2v) is 8.44. The number of carbonyl (C=O) groups is 1. The molecule has 0 bridgehead atoms. The van der Waals surface area contributed by atoms with Crippen LogP contribution in [-0.2, 0) is 11.2 Å². The zero-order chi connectivity index (χ0) is 19.5. The zero-order valence-electron chi connectivity index (χ0n) is 14.5. The van der Waals surface area contributed by atoms with Crippen LogP contribution in [0.15, 0.2) is 66.0 Å².